The number of halogens is 1. The van der Waals surface area contributed by atoms with Gasteiger partial charge in [0.15, 0.2) is 5.82 Å². The van der Waals surface area contributed by atoms with Crippen LogP contribution in [0.4, 0.5) is 16.0 Å². The van der Waals surface area contributed by atoms with E-state index in [2.05, 4.69) is 20.2 Å². The van der Waals surface area contributed by atoms with Gasteiger partial charge in [-0.1, -0.05) is 36.4 Å². The lowest BCUT2D eigenvalue weighted by atomic mass is 10.1. The van der Waals surface area contributed by atoms with Crippen molar-refractivity contribution < 1.29 is 12.8 Å². The van der Waals surface area contributed by atoms with Gasteiger partial charge in [0.05, 0.1) is 4.90 Å². The van der Waals surface area contributed by atoms with Gasteiger partial charge < -0.3 is 5.32 Å². The van der Waals surface area contributed by atoms with E-state index in [1.165, 1.54) is 24.3 Å². The molecule has 0 bridgehead atoms. The molecule has 134 valence electrons. The SMILES string of the molecule is O=S(=O)(Nc1ccc(NCCc2ccccc2F)nn1)c1ccccc1. The summed E-state index contributed by atoms with van der Waals surface area (Å²) in [6.07, 6.45) is 0.497. The van der Waals surface area contributed by atoms with E-state index in [0.717, 1.165) is 0 Å². The lowest BCUT2D eigenvalue weighted by Crippen LogP contribution is -2.14. The van der Waals surface area contributed by atoms with Gasteiger partial charge in [-0.2, -0.15) is 0 Å². The van der Waals surface area contributed by atoms with Crippen molar-refractivity contribution >= 4 is 21.7 Å². The van der Waals surface area contributed by atoms with Crippen LogP contribution in [0, 0.1) is 5.82 Å². The zero-order chi connectivity index (χ0) is 18.4. The van der Waals surface area contributed by atoms with Crippen molar-refractivity contribution in [3.8, 4) is 0 Å². The Kier molecular flexibility index (Phi) is 5.43. The molecule has 1 heterocycles. The molecule has 0 aliphatic heterocycles. The summed E-state index contributed by atoms with van der Waals surface area (Å²) in [6, 6.07) is 17.7. The van der Waals surface area contributed by atoms with Gasteiger partial charge in [0.25, 0.3) is 10.0 Å². The van der Waals surface area contributed by atoms with Crippen LogP contribution in [0.15, 0.2) is 71.6 Å². The van der Waals surface area contributed by atoms with Crippen LogP contribution in [0.2, 0.25) is 0 Å². The Bertz CT molecular complexity index is 964. The van der Waals surface area contributed by atoms with Crippen molar-refractivity contribution in [2.24, 2.45) is 0 Å². The minimum atomic E-state index is -3.70. The second-order valence-corrected chi connectivity index (χ2v) is 7.17. The van der Waals surface area contributed by atoms with Crippen LogP contribution < -0.4 is 10.0 Å². The third-order valence-electron chi connectivity index (χ3n) is 3.62. The number of rotatable bonds is 7. The van der Waals surface area contributed by atoms with E-state index < -0.39 is 10.0 Å². The highest BCUT2D eigenvalue weighted by Gasteiger charge is 2.14. The van der Waals surface area contributed by atoms with E-state index >= 15 is 0 Å². The molecule has 0 spiro atoms. The highest BCUT2D eigenvalue weighted by Crippen LogP contribution is 2.14. The number of aromatic nitrogens is 2. The van der Waals surface area contributed by atoms with Gasteiger partial charge >= 0.3 is 0 Å². The predicted octanol–water partition coefficient (Wildman–Crippen LogP) is 3.07. The Hall–Kier alpha value is -3.00. The van der Waals surface area contributed by atoms with E-state index in [1.54, 1.807) is 42.5 Å². The molecule has 6 nitrogen and oxygen atoms in total. The molecule has 0 fully saturated rings. The van der Waals surface area contributed by atoms with Crippen LogP contribution in [0.1, 0.15) is 5.56 Å². The number of nitrogens with one attached hydrogen (secondary N) is 2. The minimum Gasteiger partial charge on any atom is -0.368 e. The topological polar surface area (TPSA) is 84.0 Å². The summed E-state index contributed by atoms with van der Waals surface area (Å²) in [5.41, 5.74) is 0.611. The molecule has 0 aliphatic rings. The third-order valence-corrected chi connectivity index (χ3v) is 4.99. The lowest BCUT2D eigenvalue weighted by molar-refractivity contribution is 0.601. The standard InChI is InChI=1S/C18H17FN4O2S/c19-16-9-5-4-6-14(16)12-13-20-17-10-11-18(22-21-17)23-26(24,25)15-7-2-1-3-8-15/h1-11H,12-13H2,(H,20,21)(H,22,23). The predicted molar refractivity (Wildman–Crippen MR) is 97.9 cm³/mol. The van der Waals surface area contributed by atoms with E-state index in [-0.39, 0.29) is 16.5 Å². The molecule has 8 heteroatoms. The average Bonchev–Trinajstić information content (AvgIpc) is 2.65. The molecule has 0 amide bonds. The lowest BCUT2D eigenvalue weighted by Gasteiger charge is -2.08. The highest BCUT2D eigenvalue weighted by atomic mass is 32.2. The van der Waals surface area contributed by atoms with Crippen LogP contribution >= 0.6 is 0 Å². The zero-order valence-corrected chi connectivity index (χ0v) is 14.6. The fraction of sp³-hybridized carbons (Fsp3) is 0.111. The first kappa shape index (κ1) is 17.8. The smallest absolute Gasteiger partial charge is 0.263 e. The third kappa shape index (κ3) is 4.54. The molecule has 0 atom stereocenters. The Labute approximate surface area is 151 Å². The molecule has 2 N–H and O–H groups in total. The van der Waals surface area contributed by atoms with Gasteiger partial charge in [-0.3, -0.25) is 4.72 Å². The van der Waals surface area contributed by atoms with Crippen LogP contribution in [0.25, 0.3) is 0 Å². The molecule has 1 aromatic heterocycles. The fourth-order valence-corrected chi connectivity index (χ4v) is 3.32. The first-order valence-electron chi connectivity index (χ1n) is 7.93. The van der Waals surface area contributed by atoms with Crippen LogP contribution in [-0.2, 0) is 16.4 Å². The summed E-state index contributed by atoms with van der Waals surface area (Å²) in [7, 11) is -3.70. The second-order valence-electron chi connectivity index (χ2n) is 5.49. The van der Waals surface area contributed by atoms with Crippen LogP contribution in [0.5, 0.6) is 0 Å². The van der Waals surface area contributed by atoms with Crippen molar-refractivity contribution in [2.45, 2.75) is 11.3 Å². The van der Waals surface area contributed by atoms with Crippen LogP contribution in [0.3, 0.4) is 0 Å². The molecule has 0 saturated heterocycles. The van der Waals surface area contributed by atoms with Crippen molar-refractivity contribution in [1.29, 1.82) is 0 Å². The quantitative estimate of drug-likeness (QED) is 0.666. The normalized spacial score (nSPS) is 11.1. The largest absolute Gasteiger partial charge is 0.368 e. The second kappa shape index (κ2) is 7.92. The molecular weight excluding hydrogens is 355 g/mol. The van der Waals surface area contributed by atoms with Crippen molar-refractivity contribution in [3.63, 3.8) is 0 Å². The number of nitrogens with zero attached hydrogens (tertiary/aromatic N) is 2. The molecule has 0 radical (unpaired) electrons. The first-order valence-corrected chi connectivity index (χ1v) is 9.42. The van der Waals surface area contributed by atoms with Gasteiger partial charge in [-0.05, 0) is 42.3 Å². The van der Waals surface area contributed by atoms with Crippen molar-refractivity contribution in [2.75, 3.05) is 16.6 Å². The summed E-state index contributed by atoms with van der Waals surface area (Å²) in [4.78, 5) is 0.147. The van der Waals surface area contributed by atoms with Gasteiger partial charge in [-0.25, -0.2) is 12.8 Å². The molecule has 0 saturated carbocycles. The summed E-state index contributed by atoms with van der Waals surface area (Å²) in [6.45, 7) is 0.477. The van der Waals surface area contributed by atoms with Crippen molar-refractivity contribution in [3.05, 3.63) is 78.1 Å². The van der Waals surface area contributed by atoms with Crippen LogP contribution in [-0.4, -0.2) is 25.2 Å². The summed E-state index contributed by atoms with van der Waals surface area (Å²) < 4.78 is 40.4. The number of hydrogen-bond donors (Lipinski definition) is 2. The highest BCUT2D eigenvalue weighted by molar-refractivity contribution is 7.92. The summed E-state index contributed by atoms with van der Waals surface area (Å²) >= 11 is 0. The van der Waals surface area contributed by atoms with E-state index in [4.69, 9.17) is 0 Å². The van der Waals surface area contributed by atoms with Gasteiger partial charge in [-0.15, -0.1) is 10.2 Å². The van der Waals surface area contributed by atoms with Crippen molar-refractivity contribution in [1.82, 2.24) is 10.2 Å². The number of benzene rings is 2. The Morgan fingerprint density at radius 1 is 0.846 bits per heavy atom. The Morgan fingerprint density at radius 2 is 1.50 bits per heavy atom. The number of hydrogen-bond acceptors (Lipinski definition) is 5. The Morgan fingerprint density at radius 3 is 2.19 bits per heavy atom. The van der Waals surface area contributed by atoms with E-state index in [9.17, 15) is 12.8 Å². The molecule has 3 aromatic rings. The first-order chi connectivity index (χ1) is 12.5. The Balaban J connectivity index is 1.58. The maximum atomic E-state index is 13.5. The molecule has 0 aliphatic carbocycles. The van der Waals surface area contributed by atoms with Gasteiger partial charge in [0.2, 0.25) is 0 Å². The number of anilines is 2. The fourth-order valence-electron chi connectivity index (χ4n) is 2.30. The molecule has 26 heavy (non-hydrogen) atoms. The number of sulfonamides is 1. The van der Waals surface area contributed by atoms with Gasteiger partial charge in [0, 0.05) is 6.54 Å². The average molecular weight is 372 g/mol. The van der Waals surface area contributed by atoms with E-state index in [0.29, 0.717) is 24.3 Å². The van der Waals surface area contributed by atoms with E-state index in [1.807, 2.05) is 0 Å². The summed E-state index contributed by atoms with van der Waals surface area (Å²) in [5.74, 6) is 0.351. The molecule has 3 rings (SSSR count). The zero-order valence-electron chi connectivity index (χ0n) is 13.8. The molecular formula is C18H17FN4O2S. The monoisotopic (exact) mass is 372 g/mol. The molecule has 2 aromatic carbocycles. The maximum absolute atomic E-state index is 13.5. The minimum absolute atomic E-state index is 0.119. The molecule has 0 unspecified atom stereocenters. The maximum Gasteiger partial charge on any atom is 0.263 e. The van der Waals surface area contributed by atoms with Gasteiger partial charge in [0.1, 0.15) is 11.6 Å². The summed E-state index contributed by atoms with van der Waals surface area (Å²) in [5, 5.41) is 10.8.